The van der Waals surface area contributed by atoms with Crippen LogP contribution in [0.5, 0.6) is 0 Å². The summed E-state index contributed by atoms with van der Waals surface area (Å²) in [6, 6.07) is 0. The number of hydrogen-bond donors (Lipinski definition) is 3. The molecular weight excluding hydrogens is 284 g/mol. The molecule has 4 N–H and O–H groups in total. The second-order valence-corrected chi connectivity index (χ2v) is 7.26. The minimum atomic E-state index is -3.60. The largest absolute Gasteiger partial charge is 0.481 e. The lowest BCUT2D eigenvalue weighted by atomic mass is 9.69. The minimum absolute atomic E-state index is 0.0182. The average Bonchev–Trinajstić information content (AvgIpc) is 2.26. The van der Waals surface area contributed by atoms with Gasteiger partial charge in [0.05, 0.1) is 12.2 Å². The number of sulfonamides is 1. The fourth-order valence-corrected chi connectivity index (χ4v) is 3.16. The van der Waals surface area contributed by atoms with Crippen molar-refractivity contribution in [3.8, 4) is 0 Å². The molecule has 0 aromatic carbocycles. The van der Waals surface area contributed by atoms with Crippen molar-refractivity contribution in [2.24, 2.45) is 10.6 Å². The van der Waals surface area contributed by atoms with Gasteiger partial charge >= 0.3 is 5.97 Å². The molecule has 0 aromatic rings. The molecule has 1 amide bonds. The molecule has 20 heavy (non-hydrogen) atoms. The molecule has 0 unspecified atom stereocenters. The van der Waals surface area contributed by atoms with Crippen molar-refractivity contribution in [3.05, 3.63) is 0 Å². The fraction of sp³-hybridized carbons (Fsp3) is 0.833. The van der Waals surface area contributed by atoms with Crippen molar-refractivity contribution < 1.29 is 23.1 Å². The summed E-state index contributed by atoms with van der Waals surface area (Å²) in [5.41, 5.74) is -0.490. The van der Waals surface area contributed by atoms with Crippen LogP contribution in [-0.2, 0) is 19.6 Å². The van der Waals surface area contributed by atoms with Gasteiger partial charge in [-0.2, -0.15) is 0 Å². The van der Waals surface area contributed by atoms with Crippen LogP contribution >= 0.6 is 0 Å². The molecule has 0 aromatic heterocycles. The first-order valence-corrected chi connectivity index (χ1v) is 8.43. The molecule has 8 heteroatoms. The van der Waals surface area contributed by atoms with Crippen LogP contribution in [0.4, 0.5) is 0 Å². The van der Waals surface area contributed by atoms with Gasteiger partial charge in [0.2, 0.25) is 15.9 Å². The third-order valence-corrected chi connectivity index (χ3v) is 4.46. The Morgan fingerprint density at radius 3 is 2.25 bits per heavy atom. The number of carboxylic acid groups (broad SMARTS) is 1. The summed E-state index contributed by atoms with van der Waals surface area (Å²) in [7, 11) is -3.60. The topological polar surface area (TPSA) is 127 Å². The Morgan fingerprint density at radius 2 is 1.75 bits per heavy atom. The van der Waals surface area contributed by atoms with E-state index < -0.39 is 21.4 Å². The maximum absolute atomic E-state index is 11.8. The zero-order chi connectivity index (χ0) is 15.2. The lowest BCUT2D eigenvalue weighted by molar-refractivity contribution is -0.141. The SMILES string of the molecule is NS(=O)(=O)CCNC(=O)CC1(CC(=O)O)CCCCC1. The maximum atomic E-state index is 11.8. The molecule has 0 spiro atoms. The Balaban J connectivity index is 2.52. The normalized spacial score (nSPS) is 18.4. The second-order valence-electron chi connectivity index (χ2n) is 5.52. The van der Waals surface area contributed by atoms with E-state index in [4.69, 9.17) is 10.2 Å². The molecular formula is C12H22N2O5S. The molecule has 0 radical (unpaired) electrons. The number of nitrogens with two attached hydrogens (primary N) is 1. The van der Waals surface area contributed by atoms with Gasteiger partial charge in [-0.25, -0.2) is 13.6 Å². The van der Waals surface area contributed by atoms with E-state index in [0.717, 1.165) is 32.1 Å². The summed E-state index contributed by atoms with van der Waals surface area (Å²) in [6.45, 7) is -0.0409. The monoisotopic (exact) mass is 306 g/mol. The van der Waals surface area contributed by atoms with Gasteiger partial charge in [-0.1, -0.05) is 19.3 Å². The summed E-state index contributed by atoms with van der Waals surface area (Å²) < 4.78 is 21.5. The molecule has 0 heterocycles. The number of primary sulfonamides is 1. The zero-order valence-corrected chi connectivity index (χ0v) is 12.2. The summed E-state index contributed by atoms with van der Waals surface area (Å²) in [5.74, 6) is -1.52. The Hall–Kier alpha value is -1.15. The Labute approximate surface area is 119 Å². The van der Waals surface area contributed by atoms with Crippen LogP contribution in [0, 0.1) is 5.41 Å². The van der Waals surface area contributed by atoms with Crippen LogP contribution < -0.4 is 10.5 Å². The first-order chi connectivity index (χ1) is 9.22. The Morgan fingerprint density at radius 1 is 1.15 bits per heavy atom. The maximum Gasteiger partial charge on any atom is 0.303 e. The molecule has 0 aliphatic heterocycles. The van der Waals surface area contributed by atoms with Crippen LogP contribution in [0.15, 0.2) is 0 Å². The van der Waals surface area contributed by atoms with Crippen molar-refractivity contribution in [2.45, 2.75) is 44.9 Å². The predicted molar refractivity (Wildman–Crippen MR) is 73.4 cm³/mol. The molecule has 7 nitrogen and oxygen atoms in total. The summed E-state index contributed by atoms with van der Waals surface area (Å²) in [5, 5.41) is 16.3. The third kappa shape index (κ3) is 6.33. The smallest absolute Gasteiger partial charge is 0.303 e. The third-order valence-electron chi connectivity index (χ3n) is 3.68. The molecule has 0 bridgehead atoms. The molecule has 1 aliphatic carbocycles. The van der Waals surface area contributed by atoms with Crippen LogP contribution in [0.25, 0.3) is 0 Å². The van der Waals surface area contributed by atoms with Gasteiger partial charge in [-0.15, -0.1) is 0 Å². The highest BCUT2D eigenvalue weighted by Crippen LogP contribution is 2.42. The average molecular weight is 306 g/mol. The Bertz CT molecular complexity index is 454. The van der Waals surface area contributed by atoms with E-state index in [1.165, 1.54) is 0 Å². The van der Waals surface area contributed by atoms with Gasteiger partial charge in [0, 0.05) is 13.0 Å². The number of rotatable bonds is 7. The van der Waals surface area contributed by atoms with Gasteiger partial charge in [0.25, 0.3) is 0 Å². The van der Waals surface area contributed by atoms with E-state index in [9.17, 15) is 18.0 Å². The highest BCUT2D eigenvalue weighted by molar-refractivity contribution is 7.89. The highest BCUT2D eigenvalue weighted by Gasteiger charge is 2.36. The molecule has 0 atom stereocenters. The highest BCUT2D eigenvalue weighted by atomic mass is 32.2. The number of carboxylic acids is 1. The van der Waals surface area contributed by atoms with Crippen LogP contribution in [-0.4, -0.2) is 37.7 Å². The number of amides is 1. The number of carbonyl (C=O) groups excluding carboxylic acids is 1. The van der Waals surface area contributed by atoms with Crippen LogP contribution in [0.3, 0.4) is 0 Å². The van der Waals surface area contributed by atoms with E-state index in [-0.39, 0.29) is 31.0 Å². The number of carbonyl (C=O) groups is 2. The van der Waals surface area contributed by atoms with Crippen molar-refractivity contribution >= 4 is 21.9 Å². The van der Waals surface area contributed by atoms with E-state index in [2.05, 4.69) is 5.32 Å². The predicted octanol–water partition coefficient (Wildman–Crippen LogP) is 0.206. The molecule has 1 saturated carbocycles. The van der Waals surface area contributed by atoms with E-state index in [1.807, 2.05) is 0 Å². The molecule has 116 valence electrons. The van der Waals surface area contributed by atoms with Crippen molar-refractivity contribution in [2.75, 3.05) is 12.3 Å². The summed E-state index contributed by atoms with van der Waals surface area (Å²) >= 11 is 0. The Kier molecular flexibility index (Phi) is 5.94. The first-order valence-electron chi connectivity index (χ1n) is 6.71. The number of hydrogen-bond acceptors (Lipinski definition) is 4. The number of aliphatic carboxylic acids is 1. The standard InChI is InChI=1S/C12H22N2O5S/c13-20(18,19)7-6-14-10(15)8-12(9-11(16)17)4-2-1-3-5-12/h1-9H2,(H,14,15)(H,16,17)(H2,13,18,19). The quantitative estimate of drug-likeness (QED) is 0.619. The van der Waals surface area contributed by atoms with Crippen molar-refractivity contribution in [3.63, 3.8) is 0 Å². The van der Waals surface area contributed by atoms with E-state index >= 15 is 0 Å². The molecule has 1 fully saturated rings. The number of nitrogens with one attached hydrogen (secondary N) is 1. The fourth-order valence-electron chi connectivity index (χ4n) is 2.77. The van der Waals surface area contributed by atoms with Gasteiger partial charge in [0.1, 0.15) is 0 Å². The molecule has 0 saturated heterocycles. The van der Waals surface area contributed by atoms with Gasteiger partial charge < -0.3 is 10.4 Å². The minimum Gasteiger partial charge on any atom is -0.481 e. The van der Waals surface area contributed by atoms with Gasteiger partial charge in [-0.05, 0) is 18.3 Å². The van der Waals surface area contributed by atoms with E-state index in [0.29, 0.717) is 0 Å². The van der Waals surface area contributed by atoms with Crippen LogP contribution in [0.2, 0.25) is 0 Å². The zero-order valence-electron chi connectivity index (χ0n) is 11.4. The van der Waals surface area contributed by atoms with Crippen molar-refractivity contribution in [1.29, 1.82) is 0 Å². The van der Waals surface area contributed by atoms with Crippen LogP contribution in [0.1, 0.15) is 44.9 Å². The molecule has 1 aliphatic rings. The lowest BCUT2D eigenvalue weighted by Gasteiger charge is -2.35. The summed E-state index contributed by atoms with van der Waals surface area (Å²) in [6.07, 6.45) is 4.48. The lowest BCUT2D eigenvalue weighted by Crippen LogP contribution is -2.37. The second kappa shape index (κ2) is 7.03. The van der Waals surface area contributed by atoms with E-state index in [1.54, 1.807) is 0 Å². The molecule has 1 rings (SSSR count). The first kappa shape index (κ1) is 16.9. The van der Waals surface area contributed by atoms with Gasteiger partial charge in [0.15, 0.2) is 0 Å². The summed E-state index contributed by atoms with van der Waals surface area (Å²) in [4.78, 5) is 22.8. The van der Waals surface area contributed by atoms with Gasteiger partial charge in [-0.3, -0.25) is 9.59 Å². The van der Waals surface area contributed by atoms with Crippen molar-refractivity contribution in [1.82, 2.24) is 5.32 Å².